The van der Waals surface area contributed by atoms with Crippen LogP contribution in [-0.2, 0) is 4.79 Å². The summed E-state index contributed by atoms with van der Waals surface area (Å²) < 4.78 is 0. The van der Waals surface area contributed by atoms with Crippen molar-refractivity contribution >= 4 is 11.9 Å². The zero-order valence-electron chi connectivity index (χ0n) is 8.95. The topological polar surface area (TPSA) is 17.1 Å². The number of benzene rings is 1. The molecule has 0 amide bonds. The van der Waals surface area contributed by atoms with Gasteiger partial charge in [-0.2, -0.15) is 0 Å². The van der Waals surface area contributed by atoms with Crippen LogP contribution in [-0.4, -0.2) is 6.29 Å². The highest BCUT2D eigenvalue weighted by Gasteiger charge is 2.09. The van der Waals surface area contributed by atoms with E-state index in [4.69, 9.17) is 0 Å². The first kappa shape index (κ1) is 10.7. The van der Waals surface area contributed by atoms with E-state index in [1.165, 1.54) is 0 Å². The highest BCUT2D eigenvalue weighted by atomic mass is 16.1. The van der Waals surface area contributed by atoms with Gasteiger partial charge in [-0.3, -0.25) is 4.79 Å². The average Bonchev–Trinajstić information content (AvgIpc) is 2.14. The number of allylic oxidation sites excluding steroid dienone is 2. The van der Waals surface area contributed by atoms with Gasteiger partial charge in [-0.05, 0) is 11.0 Å². The molecule has 0 spiro atoms. The first-order valence-corrected chi connectivity index (χ1v) is 4.76. The zero-order chi connectivity index (χ0) is 10.6. The van der Waals surface area contributed by atoms with Gasteiger partial charge in [0.15, 0.2) is 0 Å². The maximum absolute atomic E-state index is 10.9. The van der Waals surface area contributed by atoms with E-state index >= 15 is 0 Å². The van der Waals surface area contributed by atoms with E-state index in [9.17, 15) is 4.79 Å². The minimum absolute atomic E-state index is 0.0338. The number of rotatable bonds is 2. The lowest BCUT2D eigenvalue weighted by Crippen LogP contribution is -2.01. The molecule has 0 aliphatic rings. The third-order valence-corrected chi connectivity index (χ3v) is 1.82. The van der Waals surface area contributed by atoms with Gasteiger partial charge in [0.2, 0.25) is 0 Å². The van der Waals surface area contributed by atoms with Gasteiger partial charge in [-0.1, -0.05) is 57.2 Å². The molecular weight excluding hydrogens is 172 g/mol. The van der Waals surface area contributed by atoms with E-state index in [1.54, 1.807) is 0 Å². The molecular formula is C13H16O. The van der Waals surface area contributed by atoms with Crippen molar-refractivity contribution in [3.63, 3.8) is 0 Å². The molecule has 1 rings (SSSR count). The van der Waals surface area contributed by atoms with Crippen LogP contribution in [0.4, 0.5) is 0 Å². The minimum Gasteiger partial charge on any atom is -0.298 e. The molecule has 1 aromatic rings. The predicted octanol–water partition coefficient (Wildman–Crippen LogP) is 3.32. The van der Waals surface area contributed by atoms with E-state index in [0.29, 0.717) is 0 Å². The molecule has 0 heterocycles. The van der Waals surface area contributed by atoms with Crippen molar-refractivity contribution in [2.45, 2.75) is 20.8 Å². The highest BCUT2D eigenvalue weighted by Crippen LogP contribution is 2.22. The second kappa shape index (κ2) is 4.23. The summed E-state index contributed by atoms with van der Waals surface area (Å²) in [6.45, 7) is 6.25. The van der Waals surface area contributed by atoms with Gasteiger partial charge >= 0.3 is 0 Å². The van der Waals surface area contributed by atoms with Crippen molar-refractivity contribution in [3.05, 3.63) is 42.0 Å². The summed E-state index contributed by atoms with van der Waals surface area (Å²) in [6, 6.07) is 9.73. The van der Waals surface area contributed by atoms with Crippen molar-refractivity contribution in [2.24, 2.45) is 5.41 Å². The van der Waals surface area contributed by atoms with Crippen LogP contribution < -0.4 is 0 Å². The average molecular weight is 188 g/mol. The molecule has 0 saturated heterocycles. The highest BCUT2D eigenvalue weighted by molar-refractivity contribution is 6.06. The molecule has 1 aromatic carbocycles. The summed E-state index contributed by atoms with van der Waals surface area (Å²) >= 11 is 0. The Balaban J connectivity index is 3.06. The molecule has 14 heavy (non-hydrogen) atoms. The Morgan fingerprint density at radius 1 is 1.14 bits per heavy atom. The Hall–Kier alpha value is -1.37. The molecule has 1 nitrogen and oxygen atoms in total. The van der Waals surface area contributed by atoms with Crippen LogP contribution in [0.25, 0.3) is 5.57 Å². The largest absolute Gasteiger partial charge is 0.298 e. The van der Waals surface area contributed by atoms with Crippen molar-refractivity contribution < 1.29 is 4.79 Å². The second-order valence-corrected chi connectivity index (χ2v) is 4.45. The fraction of sp³-hybridized carbons (Fsp3) is 0.308. The summed E-state index contributed by atoms with van der Waals surface area (Å²) in [7, 11) is 0. The number of hydrogen-bond acceptors (Lipinski definition) is 1. The summed E-state index contributed by atoms with van der Waals surface area (Å²) in [5, 5.41) is 0. The summed E-state index contributed by atoms with van der Waals surface area (Å²) in [5.74, 6) is 0. The van der Waals surface area contributed by atoms with Gasteiger partial charge in [-0.15, -0.1) is 0 Å². The lowest BCUT2D eigenvalue weighted by molar-refractivity contribution is -0.103. The van der Waals surface area contributed by atoms with Crippen LogP contribution in [0.2, 0.25) is 0 Å². The Labute approximate surface area is 85.5 Å². The lowest BCUT2D eigenvalue weighted by atomic mass is 9.91. The molecule has 0 N–H and O–H groups in total. The van der Waals surface area contributed by atoms with Gasteiger partial charge in [0.1, 0.15) is 6.29 Å². The molecule has 1 heteroatoms. The number of aldehydes is 1. The lowest BCUT2D eigenvalue weighted by Gasteiger charge is -2.13. The van der Waals surface area contributed by atoms with Crippen LogP contribution in [0.1, 0.15) is 26.3 Å². The van der Waals surface area contributed by atoms with Crippen molar-refractivity contribution in [3.8, 4) is 0 Å². The Morgan fingerprint density at radius 3 is 2.14 bits per heavy atom. The molecule has 0 aromatic heterocycles. The first-order chi connectivity index (χ1) is 6.53. The third kappa shape index (κ3) is 3.17. The maximum atomic E-state index is 10.9. The SMILES string of the molecule is CC(C)(C)/C=C(/C=O)c1ccccc1. The summed E-state index contributed by atoms with van der Waals surface area (Å²) in [5.41, 5.74) is 1.78. The molecule has 0 unspecified atom stereocenters. The molecule has 0 radical (unpaired) electrons. The van der Waals surface area contributed by atoms with Crippen LogP contribution in [0.5, 0.6) is 0 Å². The van der Waals surface area contributed by atoms with E-state index in [2.05, 4.69) is 20.8 Å². The minimum atomic E-state index is 0.0338. The van der Waals surface area contributed by atoms with Crippen molar-refractivity contribution in [1.82, 2.24) is 0 Å². The van der Waals surface area contributed by atoms with E-state index in [0.717, 1.165) is 17.4 Å². The van der Waals surface area contributed by atoms with Gasteiger partial charge in [0.05, 0.1) is 0 Å². The molecule has 0 atom stereocenters. The number of hydrogen-bond donors (Lipinski definition) is 0. The van der Waals surface area contributed by atoms with Crippen LogP contribution in [0.3, 0.4) is 0 Å². The number of carbonyl (C=O) groups is 1. The Morgan fingerprint density at radius 2 is 1.71 bits per heavy atom. The Bertz CT molecular complexity index is 328. The van der Waals surface area contributed by atoms with Gasteiger partial charge in [0, 0.05) is 5.57 Å². The van der Waals surface area contributed by atoms with E-state index in [1.807, 2.05) is 36.4 Å². The monoisotopic (exact) mass is 188 g/mol. The molecule has 0 aliphatic carbocycles. The van der Waals surface area contributed by atoms with Crippen molar-refractivity contribution in [2.75, 3.05) is 0 Å². The van der Waals surface area contributed by atoms with Gasteiger partial charge < -0.3 is 0 Å². The van der Waals surface area contributed by atoms with E-state index in [-0.39, 0.29) is 5.41 Å². The summed E-state index contributed by atoms with van der Waals surface area (Å²) in [4.78, 5) is 10.9. The van der Waals surface area contributed by atoms with E-state index < -0.39 is 0 Å². The van der Waals surface area contributed by atoms with Crippen LogP contribution >= 0.6 is 0 Å². The predicted molar refractivity (Wildman–Crippen MR) is 59.9 cm³/mol. The fourth-order valence-electron chi connectivity index (χ4n) is 1.28. The van der Waals surface area contributed by atoms with Crippen LogP contribution in [0, 0.1) is 5.41 Å². The normalized spacial score (nSPS) is 12.6. The van der Waals surface area contributed by atoms with Gasteiger partial charge in [-0.25, -0.2) is 0 Å². The standard InChI is InChI=1S/C13H16O/c1-13(2,3)9-12(10-14)11-7-5-4-6-8-11/h4-10H,1-3H3/b12-9-. The zero-order valence-corrected chi connectivity index (χ0v) is 8.95. The molecule has 0 aliphatic heterocycles. The Kier molecular flexibility index (Phi) is 3.23. The molecule has 0 fully saturated rings. The second-order valence-electron chi connectivity index (χ2n) is 4.45. The summed E-state index contributed by atoms with van der Waals surface area (Å²) in [6.07, 6.45) is 2.91. The first-order valence-electron chi connectivity index (χ1n) is 4.76. The molecule has 0 saturated carbocycles. The van der Waals surface area contributed by atoms with Crippen molar-refractivity contribution in [1.29, 1.82) is 0 Å². The fourth-order valence-corrected chi connectivity index (χ4v) is 1.28. The maximum Gasteiger partial charge on any atom is 0.150 e. The molecule has 74 valence electrons. The van der Waals surface area contributed by atoms with Crippen LogP contribution in [0.15, 0.2) is 36.4 Å². The quantitative estimate of drug-likeness (QED) is 0.514. The number of carbonyl (C=O) groups excluding carboxylic acids is 1. The third-order valence-electron chi connectivity index (χ3n) is 1.82. The smallest absolute Gasteiger partial charge is 0.150 e. The molecule has 0 bridgehead atoms. The van der Waals surface area contributed by atoms with Gasteiger partial charge in [0.25, 0.3) is 0 Å².